The molecule has 0 saturated carbocycles. The van der Waals surface area contributed by atoms with Crippen LogP contribution in [0.3, 0.4) is 0 Å². The molecule has 0 radical (unpaired) electrons. The number of fused-ring (bicyclic) bond motifs is 1. The number of rotatable bonds is 1. The Morgan fingerprint density at radius 1 is 1.25 bits per heavy atom. The second kappa shape index (κ2) is 5.15. The number of benzene rings is 1. The number of hydrogen-bond donors (Lipinski definition) is 2. The number of urea groups is 1. The summed E-state index contributed by atoms with van der Waals surface area (Å²) in [6.45, 7) is 5.76. The van der Waals surface area contributed by atoms with Crippen LogP contribution in [0.15, 0.2) is 24.3 Å². The molecule has 5 nitrogen and oxygen atoms in total. The van der Waals surface area contributed by atoms with E-state index in [1.54, 1.807) is 11.9 Å². The highest BCUT2D eigenvalue weighted by Gasteiger charge is 2.38. The van der Waals surface area contributed by atoms with E-state index in [1.165, 1.54) is 0 Å². The van der Waals surface area contributed by atoms with Crippen LogP contribution in [0.2, 0.25) is 0 Å². The molecule has 20 heavy (non-hydrogen) atoms. The summed E-state index contributed by atoms with van der Waals surface area (Å²) < 4.78 is 0. The second-order valence-corrected chi connectivity index (χ2v) is 6.01. The van der Waals surface area contributed by atoms with Gasteiger partial charge < -0.3 is 10.6 Å². The van der Waals surface area contributed by atoms with Crippen LogP contribution in [-0.2, 0) is 11.2 Å². The molecule has 1 aromatic rings. The molecule has 2 N–H and O–H groups in total. The summed E-state index contributed by atoms with van der Waals surface area (Å²) >= 11 is 0. The van der Waals surface area contributed by atoms with Crippen LogP contribution in [0, 0.1) is 0 Å². The fourth-order valence-electron chi connectivity index (χ4n) is 2.39. The Hall–Kier alpha value is -2.04. The Bertz CT molecular complexity index is 534. The molecule has 0 fully saturated rings. The molecular weight excluding hydrogens is 254 g/mol. The Balaban J connectivity index is 2.34. The van der Waals surface area contributed by atoms with Gasteiger partial charge in [-0.05, 0) is 32.4 Å². The van der Waals surface area contributed by atoms with Crippen molar-refractivity contribution in [1.82, 2.24) is 10.6 Å². The molecule has 0 saturated heterocycles. The zero-order chi connectivity index (χ0) is 14.9. The third-order valence-electron chi connectivity index (χ3n) is 3.23. The van der Waals surface area contributed by atoms with Gasteiger partial charge in [0.15, 0.2) is 0 Å². The lowest BCUT2D eigenvalue weighted by molar-refractivity contribution is -0.121. The lowest BCUT2D eigenvalue weighted by Gasteiger charge is -2.29. The summed E-state index contributed by atoms with van der Waals surface area (Å²) in [4.78, 5) is 26.1. The van der Waals surface area contributed by atoms with Gasteiger partial charge in [-0.2, -0.15) is 0 Å². The Morgan fingerprint density at radius 3 is 2.50 bits per heavy atom. The first-order chi connectivity index (χ1) is 9.33. The maximum Gasteiger partial charge on any atom is 0.323 e. The van der Waals surface area contributed by atoms with E-state index in [-0.39, 0.29) is 17.5 Å². The number of hydrogen-bond acceptors (Lipinski definition) is 2. The van der Waals surface area contributed by atoms with E-state index >= 15 is 0 Å². The molecule has 3 amide bonds. The zero-order valence-electron chi connectivity index (χ0n) is 12.4. The van der Waals surface area contributed by atoms with Gasteiger partial charge in [-0.25, -0.2) is 4.79 Å². The van der Waals surface area contributed by atoms with Crippen molar-refractivity contribution < 1.29 is 9.59 Å². The van der Waals surface area contributed by atoms with Crippen LogP contribution in [0.25, 0.3) is 0 Å². The quantitative estimate of drug-likeness (QED) is 0.819. The minimum absolute atomic E-state index is 0.148. The van der Waals surface area contributed by atoms with Gasteiger partial charge in [-0.15, -0.1) is 0 Å². The number of likely N-dealkylation sites (N-methyl/N-ethyl adjacent to an activating group) is 1. The van der Waals surface area contributed by atoms with E-state index in [2.05, 4.69) is 10.6 Å². The summed E-state index contributed by atoms with van der Waals surface area (Å²) in [5.74, 6) is -0.148. The van der Waals surface area contributed by atoms with Crippen molar-refractivity contribution in [3.05, 3.63) is 29.8 Å². The summed E-state index contributed by atoms with van der Waals surface area (Å²) in [5, 5.41) is 5.55. The van der Waals surface area contributed by atoms with Gasteiger partial charge in [0.1, 0.15) is 6.04 Å². The molecule has 108 valence electrons. The smallest absolute Gasteiger partial charge is 0.323 e. The average molecular weight is 275 g/mol. The van der Waals surface area contributed by atoms with Gasteiger partial charge in [0, 0.05) is 24.7 Å². The molecule has 1 aromatic carbocycles. The normalized spacial score (nSPS) is 17.6. The van der Waals surface area contributed by atoms with Crippen LogP contribution in [0.4, 0.5) is 10.5 Å². The van der Waals surface area contributed by atoms with E-state index in [9.17, 15) is 9.59 Å². The molecule has 0 aromatic heterocycles. The highest BCUT2D eigenvalue weighted by atomic mass is 16.2. The van der Waals surface area contributed by atoms with E-state index in [0.717, 1.165) is 11.3 Å². The molecule has 1 aliphatic rings. The molecule has 1 unspecified atom stereocenters. The predicted octanol–water partition coefficient (Wildman–Crippen LogP) is 1.67. The maximum absolute atomic E-state index is 12.5. The lowest BCUT2D eigenvalue weighted by Crippen LogP contribution is -2.54. The van der Waals surface area contributed by atoms with E-state index in [0.29, 0.717) is 6.42 Å². The number of nitrogens with zero attached hydrogens (tertiary/aromatic N) is 1. The van der Waals surface area contributed by atoms with Gasteiger partial charge in [0.05, 0.1) is 0 Å². The number of nitrogens with one attached hydrogen (secondary N) is 2. The number of para-hydroxylation sites is 1. The predicted molar refractivity (Wildman–Crippen MR) is 78.8 cm³/mol. The monoisotopic (exact) mass is 275 g/mol. The molecule has 0 bridgehead atoms. The molecular formula is C15H21N3O2. The molecule has 1 heterocycles. The first kappa shape index (κ1) is 14.4. The van der Waals surface area contributed by atoms with E-state index < -0.39 is 6.04 Å². The van der Waals surface area contributed by atoms with Crippen molar-refractivity contribution in [2.75, 3.05) is 11.9 Å². The number of amides is 3. The van der Waals surface area contributed by atoms with Crippen LogP contribution < -0.4 is 15.5 Å². The number of carbonyl (C=O) groups is 2. The van der Waals surface area contributed by atoms with Crippen LogP contribution >= 0.6 is 0 Å². The van der Waals surface area contributed by atoms with Crippen molar-refractivity contribution >= 4 is 17.6 Å². The number of anilines is 1. The molecule has 2 rings (SSSR count). The van der Waals surface area contributed by atoms with Gasteiger partial charge in [0.25, 0.3) is 0 Å². The SMILES string of the molecule is CNC(=O)C1Cc2ccccc2N1C(=O)NC(C)(C)C. The van der Waals surface area contributed by atoms with E-state index in [4.69, 9.17) is 0 Å². The van der Waals surface area contributed by atoms with Gasteiger partial charge in [-0.3, -0.25) is 9.69 Å². The third-order valence-corrected chi connectivity index (χ3v) is 3.23. The molecule has 0 aliphatic carbocycles. The van der Waals surface area contributed by atoms with Crippen LogP contribution in [0.5, 0.6) is 0 Å². The standard InChI is InChI=1S/C15H21N3O2/c1-15(2,3)17-14(20)18-11-8-6-5-7-10(11)9-12(18)13(19)16-4/h5-8,12H,9H2,1-4H3,(H,16,19)(H,17,20). The summed E-state index contributed by atoms with van der Waals surface area (Å²) in [6, 6.07) is 6.90. The Labute approximate surface area is 119 Å². The summed E-state index contributed by atoms with van der Waals surface area (Å²) in [6.07, 6.45) is 0.549. The fraction of sp³-hybridized carbons (Fsp3) is 0.467. The molecule has 5 heteroatoms. The van der Waals surface area contributed by atoms with Gasteiger partial charge in [-0.1, -0.05) is 18.2 Å². The van der Waals surface area contributed by atoms with Crippen molar-refractivity contribution in [3.63, 3.8) is 0 Å². The van der Waals surface area contributed by atoms with Crippen LogP contribution in [0.1, 0.15) is 26.3 Å². The third kappa shape index (κ3) is 2.76. The fourth-order valence-corrected chi connectivity index (χ4v) is 2.39. The average Bonchev–Trinajstić information content (AvgIpc) is 2.75. The first-order valence-electron chi connectivity index (χ1n) is 6.74. The highest BCUT2D eigenvalue weighted by molar-refractivity contribution is 6.02. The number of carbonyl (C=O) groups excluding carboxylic acids is 2. The van der Waals surface area contributed by atoms with Crippen molar-refractivity contribution in [3.8, 4) is 0 Å². The molecule has 1 atom stereocenters. The van der Waals surface area contributed by atoms with E-state index in [1.807, 2.05) is 45.0 Å². The maximum atomic E-state index is 12.5. The lowest BCUT2D eigenvalue weighted by atomic mass is 10.1. The topological polar surface area (TPSA) is 61.4 Å². The second-order valence-electron chi connectivity index (χ2n) is 6.01. The first-order valence-corrected chi connectivity index (χ1v) is 6.74. The minimum atomic E-state index is -0.486. The largest absolute Gasteiger partial charge is 0.357 e. The Kier molecular flexibility index (Phi) is 3.70. The molecule has 1 aliphatic heterocycles. The highest BCUT2D eigenvalue weighted by Crippen LogP contribution is 2.32. The summed E-state index contributed by atoms with van der Waals surface area (Å²) in [5.41, 5.74) is 1.48. The van der Waals surface area contributed by atoms with Crippen molar-refractivity contribution in [2.24, 2.45) is 0 Å². The molecule has 0 spiro atoms. The van der Waals surface area contributed by atoms with Gasteiger partial charge >= 0.3 is 6.03 Å². The van der Waals surface area contributed by atoms with Crippen molar-refractivity contribution in [1.29, 1.82) is 0 Å². The zero-order valence-corrected chi connectivity index (χ0v) is 12.4. The van der Waals surface area contributed by atoms with Gasteiger partial charge in [0.2, 0.25) is 5.91 Å². The van der Waals surface area contributed by atoms with Crippen molar-refractivity contribution in [2.45, 2.75) is 38.8 Å². The minimum Gasteiger partial charge on any atom is -0.357 e. The summed E-state index contributed by atoms with van der Waals surface area (Å²) in [7, 11) is 1.59. The van der Waals surface area contributed by atoms with Crippen LogP contribution in [-0.4, -0.2) is 30.6 Å². The Morgan fingerprint density at radius 2 is 1.90 bits per heavy atom.